The number of nitrogens with zero attached hydrogens (tertiary/aromatic N) is 1. The Labute approximate surface area is 114 Å². The Bertz CT molecular complexity index is 436. The van der Waals surface area contributed by atoms with Crippen LogP contribution in [-0.2, 0) is 0 Å². The van der Waals surface area contributed by atoms with E-state index >= 15 is 0 Å². The minimum Gasteiger partial charge on any atom is -0.506 e. The Balaban J connectivity index is 0.00000162. The van der Waals surface area contributed by atoms with Gasteiger partial charge in [-0.25, -0.2) is 0 Å². The first-order valence-electron chi connectivity index (χ1n) is 6.21. The average Bonchev–Trinajstić information content (AvgIpc) is 2.39. The Hall–Kier alpha value is -1.24. The third-order valence-electron chi connectivity index (χ3n) is 3.70. The van der Waals surface area contributed by atoms with Crippen molar-refractivity contribution in [2.24, 2.45) is 11.7 Å². The lowest BCUT2D eigenvalue weighted by Crippen LogP contribution is -2.23. The monoisotopic (exact) mass is 266 g/mol. The lowest BCUT2D eigenvalue weighted by molar-refractivity contribution is 0.303. The highest BCUT2D eigenvalue weighted by molar-refractivity contribution is 5.85. The number of nitriles is 1. The molecule has 0 aliphatic heterocycles. The molecule has 1 aliphatic carbocycles. The van der Waals surface area contributed by atoms with Crippen LogP contribution in [0.15, 0.2) is 18.2 Å². The van der Waals surface area contributed by atoms with Crippen LogP contribution in [0.25, 0.3) is 0 Å². The summed E-state index contributed by atoms with van der Waals surface area (Å²) in [6.45, 7) is 0. The Morgan fingerprint density at radius 3 is 2.56 bits per heavy atom. The molecule has 4 heteroatoms. The first kappa shape index (κ1) is 14.8. The fourth-order valence-electron chi connectivity index (χ4n) is 2.67. The van der Waals surface area contributed by atoms with Crippen molar-refractivity contribution in [3.63, 3.8) is 0 Å². The van der Waals surface area contributed by atoms with Crippen LogP contribution in [0.5, 0.6) is 5.75 Å². The standard InChI is InChI=1S/C14H18N2O.ClH/c15-9-11-7-4-8-12(14(11)17)13(16)10-5-2-1-3-6-10;/h4,7-8,10,13,17H,1-3,5-6,16H2;1H/t13-;/m0./s1. The van der Waals surface area contributed by atoms with Gasteiger partial charge in [-0.05, 0) is 24.8 Å². The number of rotatable bonds is 2. The van der Waals surface area contributed by atoms with E-state index in [-0.39, 0.29) is 24.2 Å². The summed E-state index contributed by atoms with van der Waals surface area (Å²) in [7, 11) is 0. The Kier molecular flexibility index (Phi) is 5.46. The lowest BCUT2D eigenvalue weighted by atomic mass is 9.81. The molecule has 0 bridgehead atoms. The second kappa shape index (κ2) is 6.63. The van der Waals surface area contributed by atoms with Crippen LogP contribution in [0, 0.1) is 17.2 Å². The van der Waals surface area contributed by atoms with Gasteiger partial charge in [0.05, 0.1) is 5.56 Å². The number of phenolic OH excluding ortho intramolecular Hbond substituents is 1. The van der Waals surface area contributed by atoms with Gasteiger partial charge in [0, 0.05) is 11.6 Å². The zero-order chi connectivity index (χ0) is 12.3. The van der Waals surface area contributed by atoms with E-state index in [1.54, 1.807) is 12.1 Å². The van der Waals surface area contributed by atoms with E-state index in [9.17, 15) is 5.11 Å². The van der Waals surface area contributed by atoms with Crippen LogP contribution >= 0.6 is 12.4 Å². The van der Waals surface area contributed by atoms with Crippen molar-refractivity contribution in [1.29, 1.82) is 5.26 Å². The molecule has 3 N–H and O–H groups in total. The van der Waals surface area contributed by atoms with Gasteiger partial charge >= 0.3 is 0 Å². The summed E-state index contributed by atoms with van der Waals surface area (Å²) in [6, 6.07) is 7.07. The first-order valence-corrected chi connectivity index (χ1v) is 6.21. The third-order valence-corrected chi connectivity index (χ3v) is 3.70. The van der Waals surface area contributed by atoms with Crippen LogP contribution in [0.1, 0.15) is 49.3 Å². The van der Waals surface area contributed by atoms with E-state index in [1.165, 1.54) is 19.3 Å². The van der Waals surface area contributed by atoms with E-state index in [0.717, 1.165) is 18.4 Å². The van der Waals surface area contributed by atoms with Gasteiger partial charge in [-0.15, -0.1) is 12.4 Å². The molecule has 2 rings (SSSR count). The molecule has 0 amide bonds. The fraction of sp³-hybridized carbons (Fsp3) is 0.500. The van der Waals surface area contributed by atoms with Gasteiger partial charge in [0.15, 0.2) is 0 Å². The van der Waals surface area contributed by atoms with E-state index in [4.69, 9.17) is 11.0 Å². The minimum absolute atomic E-state index is 0. The van der Waals surface area contributed by atoms with E-state index < -0.39 is 0 Å². The third kappa shape index (κ3) is 2.95. The largest absolute Gasteiger partial charge is 0.506 e. The minimum atomic E-state index is -0.149. The highest BCUT2D eigenvalue weighted by atomic mass is 35.5. The lowest BCUT2D eigenvalue weighted by Gasteiger charge is -2.28. The van der Waals surface area contributed by atoms with Gasteiger partial charge < -0.3 is 10.8 Å². The molecule has 1 saturated carbocycles. The maximum absolute atomic E-state index is 9.99. The zero-order valence-corrected chi connectivity index (χ0v) is 11.1. The highest BCUT2D eigenvalue weighted by Crippen LogP contribution is 2.36. The van der Waals surface area contributed by atoms with Gasteiger partial charge in [0.2, 0.25) is 0 Å². The topological polar surface area (TPSA) is 70.0 Å². The summed E-state index contributed by atoms with van der Waals surface area (Å²) in [5, 5.41) is 18.9. The molecule has 0 unspecified atom stereocenters. The molecule has 0 aromatic heterocycles. The SMILES string of the molecule is Cl.N#Cc1cccc([C@@H](N)C2CCCCC2)c1O. The Morgan fingerprint density at radius 2 is 1.94 bits per heavy atom. The van der Waals surface area contributed by atoms with Crippen molar-refractivity contribution in [2.75, 3.05) is 0 Å². The number of para-hydroxylation sites is 1. The molecule has 1 aromatic carbocycles. The van der Waals surface area contributed by atoms with Gasteiger partial charge in [-0.2, -0.15) is 5.26 Å². The summed E-state index contributed by atoms with van der Waals surface area (Å²) in [5.41, 5.74) is 7.26. The molecule has 1 aliphatic rings. The van der Waals surface area contributed by atoms with Crippen LogP contribution in [0.3, 0.4) is 0 Å². The number of halogens is 1. The number of hydrogen-bond acceptors (Lipinski definition) is 3. The molecule has 98 valence electrons. The van der Waals surface area contributed by atoms with Crippen molar-refractivity contribution in [3.05, 3.63) is 29.3 Å². The van der Waals surface area contributed by atoms with Crippen LogP contribution in [0.4, 0.5) is 0 Å². The average molecular weight is 267 g/mol. The maximum Gasteiger partial charge on any atom is 0.138 e. The first-order chi connectivity index (χ1) is 8.24. The zero-order valence-electron chi connectivity index (χ0n) is 10.3. The fourth-order valence-corrected chi connectivity index (χ4v) is 2.67. The molecule has 1 atom stereocenters. The molecule has 0 heterocycles. The summed E-state index contributed by atoms with van der Waals surface area (Å²) in [4.78, 5) is 0. The molecular weight excluding hydrogens is 248 g/mol. The Morgan fingerprint density at radius 1 is 1.28 bits per heavy atom. The smallest absolute Gasteiger partial charge is 0.138 e. The maximum atomic E-state index is 9.99. The second-order valence-corrected chi connectivity index (χ2v) is 4.78. The van der Waals surface area contributed by atoms with Crippen molar-refractivity contribution in [2.45, 2.75) is 38.1 Å². The van der Waals surface area contributed by atoms with Gasteiger partial charge in [0.25, 0.3) is 0 Å². The predicted octanol–water partition coefficient (Wildman–Crippen LogP) is 3.27. The molecule has 0 spiro atoms. The summed E-state index contributed by atoms with van der Waals surface area (Å²) in [6.07, 6.45) is 5.97. The normalized spacial score (nSPS) is 17.6. The predicted molar refractivity (Wildman–Crippen MR) is 73.6 cm³/mol. The van der Waals surface area contributed by atoms with Crippen molar-refractivity contribution >= 4 is 12.4 Å². The summed E-state index contributed by atoms with van der Waals surface area (Å²) in [5.74, 6) is 0.497. The molecular formula is C14H19ClN2O. The van der Waals surface area contributed by atoms with Gasteiger partial charge in [0.1, 0.15) is 11.8 Å². The highest BCUT2D eigenvalue weighted by Gasteiger charge is 2.24. The summed E-state index contributed by atoms with van der Waals surface area (Å²) >= 11 is 0. The van der Waals surface area contributed by atoms with Crippen molar-refractivity contribution in [1.82, 2.24) is 0 Å². The van der Waals surface area contributed by atoms with Crippen molar-refractivity contribution < 1.29 is 5.11 Å². The van der Waals surface area contributed by atoms with E-state index in [0.29, 0.717) is 11.5 Å². The van der Waals surface area contributed by atoms with E-state index in [1.807, 2.05) is 12.1 Å². The summed E-state index contributed by atoms with van der Waals surface area (Å²) < 4.78 is 0. The van der Waals surface area contributed by atoms with E-state index in [2.05, 4.69) is 0 Å². The second-order valence-electron chi connectivity index (χ2n) is 4.78. The van der Waals surface area contributed by atoms with Crippen LogP contribution < -0.4 is 5.73 Å². The molecule has 0 radical (unpaired) electrons. The number of phenols is 1. The number of aromatic hydroxyl groups is 1. The van der Waals surface area contributed by atoms with Crippen molar-refractivity contribution in [3.8, 4) is 11.8 Å². The van der Waals surface area contributed by atoms with Gasteiger partial charge in [-0.1, -0.05) is 31.4 Å². The molecule has 18 heavy (non-hydrogen) atoms. The number of benzene rings is 1. The van der Waals surface area contributed by atoms with Crippen LogP contribution in [0.2, 0.25) is 0 Å². The molecule has 3 nitrogen and oxygen atoms in total. The molecule has 1 fully saturated rings. The quantitative estimate of drug-likeness (QED) is 0.863. The van der Waals surface area contributed by atoms with Crippen LogP contribution in [-0.4, -0.2) is 5.11 Å². The molecule has 0 saturated heterocycles. The molecule has 1 aromatic rings. The number of hydrogen-bond donors (Lipinski definition) is 2. The van der Waals surface area contributed by atoms with Gasteiger partial charge in [-0.3, -0.25) is 0 Å². The number of nitrogens with two attached hydrogens (primary N) is 1.